The van der Waals surface area contributed by atoms with Crippen LogP contribution in [0.4, 0.5) is 0 Å². The number of amides is 1. The Labute approximate surface area is 152 Å². The number of nitrogens with zero attached hydrogens (tertiary/aromatic N) is 1. The molecule has 0 bridgehead atoms. The quantitative estimate of drug-likeness (QED) is 0.860. The summed E-state index contributed by atoms with van der Waals surface area (Å²) in [5.74, 6) is 0.370. The molecule has 3 heterocycles. The van der Waals surface area contributed by atoms with Crippen LogP contribution >= 0.6 is 0 Å². The highest BCUT2D eigenvalue weighted by atomic mass is 32.2. The average molecular weight is 376 g/mol. The van der Waals surface area contributed by atoms with Crippen LogP contribution < -0.4 is 10.1 Å². The van der Waals surface area contributed by atoms with Gasteiger partial charge in [-0.05, 0) is 36.6 Å². The van der Waals surface area contributed by atoms with Gasteiger partial charge in [0.2, 0.25) is 5.09 Å². The lowest BCUT2D eigenvalue weighted by atomic mass is 10.1. The van der Waals surface area contributed by atoms with Crippen LogP contribution in [0.15, 0.2) is 45.9 Å². The van der Waals surface area contributed by atoms with Crippen LogP contribution in [-0.2, 0) is 16.4 Å². The molecule has 2 aliphatic heterocycles. The first kappa shape index (κ1) is 17.1. The second-order valence-corrected chi connectivity index (χ2v) is 8.36. The number of benzene rings is 1. The van der Waals surface area contributed by atoms with Crippen molar-refractivity contribution < 1.29 is 22.4 Å². The molecular weight excluding hydrogens is 356 g/mol. The van der Waals surface area contributed by atoms with Crippen molar-refractivity contribution in [2.45, 2.75) is 30.5 Å². The molecule has 0 saturated carbocycles. The van der Waals surface area contributed by atoms with E-state index in [-0.39, 0.29) is 17.0 Å². The Bertz CT molecular complexity index is 890. The molecular formula is C18H20N2O5S. The fourth-order valence-electron chi connectivity index (χ4n) is 3.30. The Kier molecular flexibility index (Phi) is 4.46. The summed E-state index contributed by atoms with van der Waals surface area (Å²) >= 11 is 0. The average Bonchev–Trinajstić information content (AvgIpc) is 3.39. The van der Waals surface area contributed by atoms with E-state index in [9.17, 15) is 13.2 Å². The maximum absolute atomic E-state index is 12.4. The molecule has 8 heteroatoms. The number of nitrogens with one attached hydrogen (secondary N) is 1. The minimum atomic E-state index is -3.66. The first-order valence-corrected chi connectivity index (χ1v) is 10.1. The first-order valence-electron chi connectivity index (χ1n) is 8.67. The Morgan fingerprint density at radius 3 is 2.69 bits per heavy atom. The van der Waals surface area contributed by atoms with Crippen LogP contribution in [0.5, 0.6) is 5.75 Å². The molecule has 1 amide bonds. The SMILES string of the molecule is O=C(NC[C@H]1Cc2ccccc2O1)c1ccc(S(=O)(=O)N2CCCC2)o1. The van der Waals surface area contributed by atoms with Crippen molar-refractivity contribution in [2.75, 3.05) is 19.6 Å². The van der Waals surface area contributed by atoms with E-state index >= 15 is 0 Å². The van der Waals surface area contributed by atoms with Crippen LogP contribution in [-0.4, -0.2) is 44.4 Å². The van der Waals surface area contributed by atoms with Crippen molar-refractivity contribution in [1.82, 2.24) is 9.62 Å². The summed E-state index contributed by atoms with van der Waals surface area (Å²) in [6.45, 7) is 1.30. The van der Waals surface area contributed by atoms with Crippen molar-refractivity contribution in [3.63, 3.8) is 0 Å². The van der Waals surface area contributed by atoms with E-state index in [0.29, 0.717) is 19.6 Å². The maximum Gasteiger partial charge on any atom is 0.287 e. The predicted molar refractivity (Wildman–Crippen MR) is 93.6 cm³/mol. The molecule has 1 saturated heterocycles. The predicted octanol–water partition coefficient (Wildman–Crippen LogP) is 1.80. The Morgan fingerprint density at radius 1 is 1.15 bits per heavy atom. The fourth-order valence-corrected chi connectivity index (χ4v) is 4.73. The summed E-state index contributed by atoms with van der Waals surface area (Å²) in [4.78, 5) is 12.3. The van der Waals surface area contributed by atoms with Crippen molar-refractivity contribution in [1.29, 1.82) is 0 Å². The van der Waals surface area contributed by atoms with E-state index in [4.69, 9.17) is 9.15 Å². The summed E-state index contributed by atoms with van der Waals surface area (Å²) in [6, 6.07) is 10.5. The number of rotatable bonds is 5. The zero-order chi connectivity index (χ0) is 18.1. The topological polar surface area (TPSA) is 88.8 Å². The number of para-hydroxylation sites is 1. The van der Waals surface area contributed by atoms with Crippen molar-refractivity contribution >= 4 is 15.9 Å². The Hall–Kier alpha value is -2.32. The van der Waals surface area contributed by atoms with E-state index in [1.54, 1.807) is 0 Å². The van der Waals surface area contributed by atoms with E-state index in [1.165, 1.54) is 16.4 Å². The molecule has 7 nitrogen and oxygen atoms in total. The van der Waals surface area contributed by atoms with Gasteiger partial charge in [0.1, 0.15) is 11.9 Å². The van der Waals surface area contributed by atoms with Crippen molar-refractivity contribution in [3.05, 3.63) is 47.7 Å². The summed E-state index contributed by atoms with van der Waals surface area (Å²) < 4.78 is 37.4. The normalized spacial score (nSPS) is 19.9. The number of carbonyl (C=O) groups is 1. The molecule has 2 aromatic rings. The molecule has 2 aliphatic rings. The molecule has 1 aromatic carbocycles. The molecule has 0 unspecified atom stereocenters. The summed E-state index contributed by atoms with van der Waals surface area (Å²) in [7, 11) is -3.66. The van der Waals surface area contributed by atoms with Gasteiger partial charge in [0.25, 0.3) is 15.9 Å². The van der Waals surface area contributed by atoms with E-state index in [1.807, 2.05) is 24.3 Å². The third kappa shape index (κ3) is 3.22. The van der Waals surface area contributed by atoms with Gasteiger partial charge in [0.05, 0.1) is 6.54 Å². The molecule has 0 spiro atoms. The van der Waals surface area contributed by atoms with Gasteiger partial charge in [-0.25, -0.2) is 8.42 Å². The highest BCUT2D eigenvalue weighted by Gasteiger charge is 2.31. The molecule has 1 N–H and O–H groups in total. The largest absolute Gasteiger partial charge is 0.488 e. The standard InChI is InChI=1S/C18H20N2O5S/c21-18(19-12-14-11-13-5-1-2-6-15(13)24-14)16-7-8-17(25-16)26(22,23)20-9-3-4-10-20/h1-2,5-8,14H,3-4,9-12H2,(H,19,21)/t14-/m1/s1. The molecule has 1 aromatic heterocycles. The molecule has 26 heavy (non-hydrogen) atoms. The number of sulfonamides is 1. The van der Waals surface area contributed by atoms with Crippen LogP contribution in [0.2, 0.25) is 0 Å². The monoisotopic (exact) mass is 376 g/mol. The zero-order valence-corrected chi connectivity index (χ0v) is 15.0. The number of ether oxygens (including phenoxy) is 1. The van der Waals surface area contributed by atoms with E-state index in [2.05, 4.69) is 5.32 Å². The van der Waals surface area contributed by atoms with Crippen LogP contribution in [0, 0.1) is 0 Å². The van der Waals surface area contributed by atoms with Gasteiger partial charge < -0.3 is 14.5 Å². The fraction of sp³-hybridized carbons (Fsp3) is 0.389. The van der Waals surface area contributed by atoms with Crippen LogP contribution in [0.25, 0.3) is 0 Å². The van der Waals surface area contributed by atoms with Crippen molar-refractivity contribution in [3.8, 4) is 5.75 Å². The van der Waals surface area contributed by atoms with E-state index in [0.717, 1.165) is 30.6 Å². The summed E-state index contributed by atoms with van der Waals surface area (Å²) in [5, 5.41) is 2.56. The van der Waals surface area contributed by atoms with Gasteiger partial charge >= 0.3 is 0 Å². The van der Waals surface area contributed by atoms with Gasteiger partial charge in [-0.2, -0.15) is 4.31 Å². The van der Waals surface area contributed by atoms with Crippen molar-refractivity contribution in [2.24, 2.45) is 0 Å². The molecule has 0 radical (unpaired) electrons. The first-order chi connectivity index (χ1) is 12.5. The summed E-state index contributed by atoms with van der Waals surface area (Å²) in [6.07, 6.45) is 2.27. The molecule has 4 rings (SSSR count). The Balaban J connectivity index is 1.37. The minimum absolute atomic E-state index is 0.0155. The smallest absolute Gasteiger partial charge is 0.287 e. The number of furan rings is 1. The van der Waals surface area contributed by atoms with Gasteiger partial charge in [-0.3, -0.25) is 4.79 Å². The second-order valence-electron chi connectivity index (χ2n) is 6.49. The highest BCUT2D eigenvalue weighted by Crippen LogP contribution is 2.28. The number of hydrogen-bond donors (Lipinski definition) is 1. The van der Waals surface area contributed by atoms with Gasteiger partial charge in [-0.1, -0.05) is 18.2 Å². The molecule has 138 valence electrons. The third-order valence-electron chi connectivity index (χ3n) is 4.67. The minimum Gasteiger partial charge on any atom is -0.488 e. The zero-order valence-electron chi connectivity index (χ0n) is 14.2. The summed E-state index contributed by atoms with van der Waals surface area (Å²) in [5.41, 5.74) is 1.11. The number of hydrogen-bond acceptors (Lipinski definition) is 5. The molecule has 0 aliphatic carbocycles. The second kappa shape index (κ2) is 6.77. The number of carbonyl (C=O) groups excluding carboxylic acids is 1. The van der Waals surface area contributed by atoms with Crippen LogP contribution in [0.1, 0.15) is 29.0 Å². The lowest BCUT2D eigenvalue weighted by Gasteiger charge is -2.13. The lowest BCUT2D eigenvalue weighted by Crippen LogP contribution is -2.34. The highest BCUT2D eigenvalue weighted by molar-refractivity contribution is 7.89. The Morgan fingerprint density at radius 2 is 1.92 bits per heavy atom. The maximum atomic E-state index is 12.4. The third-order valence-corrected chi connectivity index (χ3v) is 6.44. The number of fused-ring (bicyclic) bond motifs is 1. The van der Waals surface area contributed by atoms with Gasteiger partial charge in [0.15, 0.2) is 5.76 Å². The van der Waals surface area contributed by atoms with Gasteiger partial charge in [0, 0.05) is 19.5 Å². The van der Waals surface area contributed by atoms with Gasteiger partial charge in [-0.15, -0.1) is 0 Å². The molecule has 1 fully saturated rings. The molecule has 1 atom stereocenters. The van der Waals surface area contributed by atoms with E-state index < -0.39 is 15.9 Å². The van der Waals surface area contributed by atoms with Crippen LogP contribution in [0.3, 0.4) is 0 Å². The lowest BCUT2D eigenvalue weighted by molar-refractivity contribution is 0.0900.